The quantitative estimate of drug-likeness (QED) is 0.568. The number of aromatic nitrogens is 1. The number of fused-ring (bicyclic) bond motifs is 1. The monoisotopic (exact) mass is 459 g/mol. The second-order valence-corrected chi connectivity index (χ2v) is 8.81. The Hall–Kier alpha value is -1.80. The van der Waals surface area contributed by atoms with Gasteiger partial charge in [0.25, 0.3) is 5.91 Å². The molecule has 2 aromatic carbocycles. The van der Waals surface area contributed by atoms with Crippen LogP contribution >= 0.6 is 27.3 Å². The first kappa shape index (κ1) is 19.5. The topological polar surface area (TPSA) is 45.7 Å². The summed E-state index contributed by atoms with van der Waals surface area (Å²) in [6.07, 6.45) is 0. The summed E-state index contributed by atoms with van der Waals surface area (Å²) in [6.45, 7) is 6.78. The minimum atomic E-state index is -0.0228. The van der Waals surface area contributed by atoms with Crippen LogP contribution in [0.1, 0.15) is 15.9 Å². The molecule has 0 radical (unpaired) electrons. The number of halogens is 1. The van der Waals surface area contributed by atoms with Gasteiger partial charge in [-0.15, -0.1) is 0 Å². The summed E-state index contributed by atoms with van der Waals surface area (Å²) in [5, 5.41) is 0.749. The first-order valence-corrected chi connectivity index (χ1v) is 11.0. The van der Waals surface area contributed by atoms with Crippen LogP contribution in [0, 0.1) is 6.92 Å². The highest BCUT2D eigenvalue weighted by atomic mass is 79.9. The van der Waals surface area contributed by atoms with Gasteiger partial charge in [0, 0.05) is 36.2 Å². The third kappa shape index (κ3) is 4.43. The number of nitrogens with zero attached hydrogens (tertiary/aromatic N) is 3. The van der Waals surface area contributed by atoms with E-state index in [1.165, 1.54) is 5.56 Å². The van der Waals surface area contributed by atoms with E-state index in [2.05, 4.69) is 39.9 Å². The highest BCUT2D eigenvalue weighted by Crippen LogP contribution is 2.30. The largest absolute Gasteiger partial charge is 0.379 e. The van der Waals surface area contributed by atoms with E-state index in [9.17, 15) is 4.79 Å². The van der Waals surface area contributed by atoms with Crippen molar-refractivity contribution in [1.82, 2.24) is 9.88 Å². The molecule has 3 aromatic rings. The Morgan fingerprint density at radius 1 is 1.25 bits per heavy atom. The smallest absolute Gasteiger partial charge is 0.260 e. The molecule has 0 aliphatic carbocycles. The molecule has 1 aliphatic rings. The van der Waals surface area contributed by atoms with Crippen molar-refractivity contribution >= 4 is 48.5 Å². The predicted octanol–water partition coefficient (Wildman–Crippen LogP) is 4.35. The average Bonchev–Trinajstić information content (AvgIpc) is 3.11. The van der Waals surface area contributed by atoms with Crippen molar-refractivity contribution in [3.63, 3.8) is 0 Å². The third-order valence-electron chi connectivity index (χ3n) is 4.82. The summed E-state index contributed by atoms with van der Waals surface area (Å²) in [5.41, 5.74) is 2.79. The molecule has 2 heterocycles. The lowest BCUT2D eigenvalue weighted by Gasteiger charge is -2.29. The molecule has 7 heteroatoms. The number of benzene rings is 2. The number of anilines is 1. The molecular formula is C21H22BrN3O2S. The van der Waals surface area contributed by atoms with Gasteiger partial charge in [0.05, 0.1) is 23.4 Å². The lowest BCUT2D eigenvalue weighted by molar-refractivity contribution is 0.0391. The molecule has 0 atom stereocenters. The lowest BCUT2D eigenvalue weighted by atomic mass is 10.2. The van der Waals surface area contributed by atoms with E-state index >= 15 is 0 Å². The van der Waals surface area contributed by atoms with Crippen LogP contribution < -0.4 is 4.90 Å². The zero-order valence-corrected chi connectivity index (χ0v) is 18.1. The molecule has 1 saturated heterocycles. The number of rotatable bonds is 5. The molecule has 146 valence electrons. The maximum Gasteiger partial charge on any atom is 0.260 e. The summed E-state index contributed by atoms with van der Waals surface area (Å²) in [4.78, 5) is 22.3. The summed E-state index contributed by atoms with van der Waals surface area (Å²) in [6, 6.07) is 13.7. The molecule has 5 nitrogen and oxygen atoms in total. The van der Waals surface area contributed by atoms with Crippen molar-refractivity contribution in [2.45, 2.75) is 6.92 Å². The van der Waals surface area contributed by atoms with Crippen LogP contribution in [0.15, 0.2) is 46.9 Å². The fourth-order valence-electron chi connectivity index (χ4n) is 3.26. The molecule has 0 N–H and O–H groups in total. The molecule has 0 bridgehead atoms. The number of hydrogen-bond acceptors (Lipinski definition) is 5. The second kappa shape index (κ2) is 8.69. The Morgan fingerprint density at radius 3 is 2.86 bits per heavy atom. The van der Waals surface area contributed by atoms with Crippen LogP contribution in [-0.2, 0) is 4.74 Å². The van der Waals surface area contributed by atoms with Crippen molar-refractivity contribution in [2.24, 2.45) is 0 Å². The third-order valence-corrected chi connectivity index (χ3v) is 6.36. The van der Waals surface area contributed by atoms with Gasteiger partial charge in [-0.05, 0) is 42.8 Å². The number of hydrogen-bond donors (Lipinski definition) is 0. The van der Waals surface area contributed by atoms with Gasteiger partial charge in [0.15, 0.2) is 5.13 Å². The van der Waals surface area contributed by atoms with Gasteiger partial charge in [-0.3, -0.25) is 14.6 Å². The summed E-state index contributed by atoms with van der Waals surface area (Å²) < 4.78 is 7.43. The number of morpholine rings is 1. The minimum absolute atomic E-state index is 0.0228. The fourth-order valence-corrected chi connectivity index (χ4v) is 4.75. The van der Waals surface area contributed by atoms with E-state index in [0.29, 0.717) is 12.1 Å². The van der Waals surface area contributed by atoms with Crippen LogP contribution in [0.3, 0.4) is 0 Å². The molecule has 0 unspecified atom stereocenters. The van der Waals surface area contributed by atoms with E-state index in [1.807, 2.05) is 35.2 Å². The Morgan fingerprint density at radius 2 is 2.07 bits per heavy atom. The normalized spacial score (nSPS) is 15.1. The first-order valence-electron chi connectivity index (χ1n) is 9.35. The van der Waals surface area contributed by atoms with E-state index in [-0.39, 0.29) is 5.91 Å². The van der Waals surface area contributed by atoms with Crippen LogP contribution in [0.4, 0.5) is 5.13 Å². The number of thiazole rings is 1. The molecule has 1 aliphatic heterocycles. The number of carbonyl (C=O) groups excluding carboxylic acids is 1. The van der Waals surface area contributed by atoms with Crippen LogP contribution in [0.5, 0.6) is 0 Å². The van der Waals surface area contributed by atoms with Crippen LogP contribution in [-0.4, -0.2) is 55.2 Å². The predicted molar refractivity (Wildman–Crippen MR) is 117 cm³/mol. The van der Waals surface area contributed by atoms with Crippen molar-refractivity contribution in [1.29, 1.82) is 0 Å². The van der Waals surface area contributed by atoms with E-state index in [0.717, 1.165) is 52.7 Å². The van der Waals surface area contributed by atoms with Gasteiger partial charge in [-0.1, -0.05) is 39.4 Å². The zero-order chi connectivity index (χ0) is 19.5. The molecule has 0 saturated carbocycles. The van der Waals surface area contributed by atoms with Crippen LogP contribution in [0.2, 0.25) is 0 Å². The van der Waals surface area contributed by atoms with E-state index in [4.69, 9.17) is 9.72 Å². The Bertz CT molecular complexity index is 985. The minimum Gasteiger partial charge on any atom is -0.379 e. The lowest BCUT2D eigenvalue weighted by Crippen LogP contribution is -2.43. The highest BCUT2D eigenvalue weighted by molar-refractivity contribution is 9.10. The summed E-state index contributed by atoms with van der Waals surface area (Å²) in [5.74, 6) is -0.0228. The Kier molecular flexibility index (Phi) is 6.06. The maximum atomic E-state index is 13.3. The second-order valence-electron chi connectivity index (χ2n) is 6.89. The molecule has 1 aromatic heterocycles. The maximum absolute atomic E-state index is 13.3. The van der Waals surface area contributed by atoms with Gasteiger partial charge >= 0.3 is 0 Å². The molecule has 1 fully saturated rings. The molecular weight excluding hydrogens is 438 g/mol. The number of aryl methyl sites for hydroxylation is 1. The SMILES string of the molecule is Cc1ccc2nc(N(CCN3CCOCC3)C(=O)c3cccc(Br)c3)sc2c1. The Balaban J connectivity index is 1.63. The summed E-state index contributed by atoms with van der Waals surface area (Å²) in [7, 11) is 0. The van der Waals surface area contributed by atoms with Gasteiger partial charge in [0.1, 0.15) is 0 Å². The van der Waals surface area contributed by atoms with Crippen molar-refractivity contribution in [3.05, 3.63) is 58.1 Å². The van der Waals surface area contributed by atoms with Crippen molar-refractivity contribution in [2.75, 3.05) is 44.3 Å². The van der Waals surface area contributed by atoms with Crippen molar-refractivity contribution < 1.29 is 9.53 Å². The van der Waals surface area contributed by atoms with Gasteiger partial charge in [-0.25, -0.2) is 4.98 Å². The van der Waals surface area contributed by atoms with Crippen molar-refractivity contribution in [3.8, 4) is 0 Å². The zero-order valence-electron chi connectivity index (χ0n) is 15.7. The highest BCUT2D eigenvalue weighted by Gasteiger charge is 2.23. The van der Waals surface area contributed by atoms with Gasteiger partial charge in [0.2, 0.25) is 0 Å². The molecule has 1 amide bonds. The van der Waals surface area contributed by atoms with E-state index in [1.54, 1.807) is 11.3 Å². The summed E-state index contributed by atoms with van der Waals surface area (Å²) >= 11 is 5.04. The van der Waals surface area contributed by atoms with E-state index < -0.39 is 0 Å². The number of amides is 1. The molecule has 0 spiro atoms. The number of ether oxygens (including phenoxy) is 1. The average molecular weight is 460 g/mol. The molecule has 4 rings (SSSR count). The number of carbonyl (C=O) groups is 1. The van der Waals surface area contributed by atoms with Crippen LogP contribution in [0.25, 0.3) is 10.2 Å². The fraction of sp³-hybridized carbons (Fsp3) is 0.333. The van der Waals surface area contributed by atoms with Gasteiger partial charge < -0.3 is 4.74 Å². The standard InChI is InChI=1S/C21H22BrN3O2S/c1-15-5-6-18-19(13-15)28-21(23-18)25(8-7-24-9-11-27-12-10-24)20(26)16-3-2-4-17(22)14-16/h2-6,13-14H,7-12H2,1H3. The Labute approximate surface area is 177 Å². The van der Waals surface area contributed by atoms with Gasteiger partial charge in [-0.2, -0.15) is 0 Å². The first-order chi connectivity index (χ1) is 13.6. The molecule has 28 heavy (non-hydrogen) atoms.